The Hall–Kier alpha value is -2.15. The fourth-order valence-corrected chi connectivity index (χ4v) is 2.47. The largest absolute Gasteiger partial charge is 0.483 e. The van der Waals surface area contributed by atoms with E-state index in [-0.39, 0.29) is 29.9 Å². The van der Waals surface area contributed by atoms with Crippen molar-refractivity contribution in [2.75, 3.05) is 7.05 Å². The molecule has 1 N–H and O–H groups in total. The summed E-state index contributed by atoms with van der Waals surface area (Å²) in [6.07, 6.45) is 0. The van der Waals surface area contributed by atoms with Crippen LogP contribution in [-0.2, 0) is 20.9 Å². The molecular weight excluding hydrogens is 327 g/mol. The van der Waals surface area contributed by atoms with Crippen molar-refractivity contribution in [3.63, 3.8) is 0 Å². The summed E-state index contributed by atoms with van der Waals surface area (Å²) in [5.74, 6) is -0.733. The number of benzene rings is 1. The molecule has 2 amide bonds. The number of carbonyl (C=O) groups is 3. The third-order valence-corrected chi connectivity index (χ3v) is 4.02. The van der Waals surface area contributed by atoms with Crippen molar-refractivity contribution in [3.8, 4) is 0 Å². The molecular formula is C15H18ClFN2O4. The molecule has 0 radical (unpaired) electrons. The van der Waals surface area contributed by atoms with Gasteiger partial charge in [-0.1, -0.05) is 17.7 Å². The molecule has 1 fully saturated rings. The van der Waals surface area contributed by atoms with Gasteiger partial charge in [0.05, 0.1) is 5.02 Å². The Morgan fingerprint density at radius 2 is 1.83 bits per heavy atom. The van der Waals surface area contributed by atoms with Gasteiger partial charge in [-0.05, 0) is 31.5 Å². The number of piperazine rings is 1. The first-order chi connectivity index (χ1) is 10.7. The molecule has 0 aliphatic carbocycles. The number of amides is 2. The second-order valence-electron chi connectivity index (χ2n) is 5.12. The summed E-state index contributed by atoms with van der Waals surface area (Å²) in [7, 11) is 1.62. The van der Waals surface area contributed by atoms with Gasteiger partial charge in [0, 0.05) is 13.6 Å². The number of hydrogen-bond acceptors (Lipinski definition) is 3. The summed E-state index contributed by atoms with van der Waals surface area (Å²) in [4.78, 5) is 35.6. The lowest BCUT2D eigenvalue weighted by atomic mass is 10.1. The van der Waals surface area contributed by atoms with Crippen molar-refractivity contribution in [1.82, 2.24) is 9.80 Å². The van der Waals surface area contributed by atoms with E-state index in [9.17, 15) is 14.0 Å². The summed E-state index contributed by atoms with van der Waals surface area (Å²) in [6.45, 7) is 3.37. The van der Waals surface area contributed by atoms with E-state index in [1.165, 1.54) is 21.9 Å². The van der Waals surface area contributed by atoms with E-state index in [1.54, 1.807) is 27.0 Å². The van der Waals surface area contributed by atoms with Crippen LogP contribution in [0.5, 0.6) is 0 Å². The van der Waals surface area contributed by atoms with Crippen LogP contribution in [0.25, 0.3) is 0 Å². The minimum Gasteiger partial charge on any atom is -0.483 e. The maximum absolute atomic E-state index is 13.1. The molecule has 0 spiro atoms. The lowest BCUT2D eigenvalue weighted by molar-refractivity contribution is -0.159. The van der Waals surface area contributed by atoms with Gasteiger partial charge in [0.15, 0.2) is 0 Å². The van der Waals surface area contributed by atoms with Crippen molar-refractivity contribution in [2.24, 2.45) is 0 Å². The molecule has 1 aliphatic rings. The summed E-state index contributed by atoms with van der Waals surface area (Å²) < 4.78 is 13.1. The summed E-state index contributed by atoms with van der Waals surface area (Å²) in [5, 5.41) is 6.90. The molecule has 0 saturated carbocycles. The molecule has 126 valence electrons. The van der Waals surface area contributed by atoms with E-state index in [1.807, 2.05) is 0 Å². The molecule has 1 aromatic rings. The number of likely N-dealkylation sites (N-methyl/N-ethyl adjacent to an activating group) is 1. The summed E-state index contributed by atoms with van der Waals surface area (Å²) >= 11 is 5.73. The number of nitrogens with zero attached hydrogens (tertiary/aromatic N) is 2. The normalized spacial score (nSPS) is 20.9. The Kier molecular flexibility index (Phi) is 6.50. The van der Waals surface area contributed by atoms with Gasteiger partial charge >= 0.3 is 0 Å². The quantitative estimate of drug-likeness (QED) is 0.829. The van der Waals surface area contributed by atoms with Crippen LogP contribution in [-0.4, -0.2) is 52.3 Å². The van der Waals surface area contributed by atoms with Crippen LogP contribution in [0, 0.1) is 5.82 Å². The molecule has 0 bridgehead atoms. The number of carbonyl (C=O) groups excluding carboxylic acids is 2. The Bertz CT molecular complexity index is 611. The van der Waals surface area contributed by atoms with Crippen LogP contribution in [0.4, 0.5) is 4.39 Å². The van der Waals surface area contributed by atoms with Gasteiger partial charge in [0.25, 0.3) is 6.47 Å². The fourth-order valence-electron chi connectivity index (χ4n) is 2.26. The van der Waals surface area contributed by atoms with Crippen LogP contribution >= 0.6 is 11.6 Å². The van der Waals surface area contributed by atoms with E-state index in [2.05, 4.69) is 0 Å². The molecule has 23 heavy (non-hydrogen) atoms. The molecule has 0 aromatic heterocycles. The van der Waals surface area contributed by atoms with Crippen LogP contribution in [0.3, 0.4) is 0 Å². The Morgan fingerprint density at radius 3 is 2.35 bits per heavy atom. The molecule has 6 nitrogen and oxygen atoms in total. The van der Waals surface area contributed by atoms with Crippen LogP contribution in [0.1, 0.15) is 19.4 Å². The Labute approximate surface area is 138 Å². The van der Waals surface area contributed by atoms with Gasteiger partial charge in [-0.3, -0.25) is 14.4 Å². The van der Waals surface area contributed by atoms with E-state index >= 15 is 0 Å². The average Bonchev–Trinajstić information content (AvgIpc) is 2.52. The first-order valence-electron chi connectivity index (χ1n) is 6.83. The predicted molar refractivity (Wildman–Crippen MR) is 82.3 cm³/mol. The SMILES string of the molecule is C[C@H]1C(=O)N(Cc2ccc(F)c(Cl)c2)[C@@H](C)C(=O)N1C.O=CO. The zero-order valence-electron chi connectivity index (χ0n) is 13.0. The first-order valence-corrected chi connectivity index (χ1v) is 7.21. The van der Waals surface area contributed by atoms with Crippen molar-refractivity contribution < 1.29 is 23.9 Å². The highest BCUT2D eigenvalue weighted by atomic mass is 35.5. The highest BCUT2D eigenvalue weighted by Crippen LogP contribution is 2.22. The summed E-state index contributed by atoms with van der Waals surface area (Å²) in [6, 6.07) is 3.27. The average molecular weight is 345 g/mol. The van der Waals surface area contributed by atoms with Crippen molar-refractivity contribution >= 4 is 29.9 Å². The number of rotatable bonds is 2. The minimum absolute atomic E-state index is 0.0103. The maximum atomic E-state index is 13.1. The van der Waals surface area contributed by atoms with Crippen LogP contribution in [0.15, 0.2) is 18.2 Å². The van der Waals surface area contributed by atoms with Gasteiger partial charge < -0.3 is 14.9 Å². The third-order valence-electron chi connectivity index (χ3n) is 3.73. The lowest BCUT2D eigenvalue weighted by Gasteiger charge is -2.41. The molecule has 1 heterocycles. The molecule has 2 rings (SSSR count). The van der Waals surface area contributed by atoms with Crippen LogP contribution in [0.2, 0.25) is 5.02 Å². The first kappa shape index (κ1) is 18.9. The van der Waals surface area contributed by atoms with Crippen molar-refractivity contribution in [1.29, 1.82) is 0 Å². The van der Waals surface area contributed by atoms with Crippen LogP contribution < -0.4 is 0 Å². The summed E-state index contributed by atoms with van der Waals surface area (Å²) in [5.41, 5.74) is 0.696. The van der Waals surface area contributed by atoms with Gasteiger partial charge in [0.1, 0.15) is 17.9 Å². The molecule has 2 atom stereocenters. The molecule has 1 aliphatic heterocycles. The molecule has 1 saturated heterocycles. The zero-order valence-corrected chi connectivity index (χ0v) is 13.7. The maximum Gasteiger partial charge on any atom is 0.290 e. The number of halogens is 2. The highest BCUT2D eigenvalue weighted by molar-refractivity contribution is 6.30. The second-order valence-corrected chi connectivity index (χ2v) is 5.53. The van der Waals surface area contributed by atoms with Gasteiger partial charge in [-0.25, -0.2) is 4.39 Å². The molecule has 8 heteroatoms. The van der Waals surface area contributed by atoms with E-state index < -0.39 is 17.9 Å². The Balaban J connectivity index is 0.000000816. The van der Waals surface area contributed by atoms with Gasteiger partial charge in [-0.15, -0.1) is 0 Å². The monoisotopic (exact) mass is 344 g/mol. The van der Waals surface area contributed by atoms with E-state index in [0.717, 1.165) is 0 Å². The molecule has 1 aromatic carbocycles. The van der Waals surface area contributed by atoms with E-state index in [0.29, 0.717) is 5.56 Å². The van der Waals surface area contributed by atoms with E-state index in [4.69, 9.17) is 21.5 Å². The van der Waals surface area contributed by atoms with Gasteiger partial charge in [0.2, 0.25) is 11.8 Å². The van der Waals surface area contributed by atoms with Gasteiger partial charge in [-0.2, -0.15) is 0 Å². The second kappa shape index (κ2) is 7.92. The highest BCUT2D eigenvalue weighted by Gasteiger charge is 2.39. The standard InChI is InChI=1S/C14H16ClFN2O2.CH2O2/c1-8-14(20)18(9(2)13(19)17(8)3)7-10-4-5-12(16)11(15)6-10;2-1-3/h4-6,8-9H,7H2,1-3H3;1H,(H,2,3)/t8-,9-;/m0./s1. The smallest absolute Gasteiger partial charge is 0.290 e. The van der Waals surface area contributed by atoms with Crippen molar-refractivity contribution in [3.05, 3.63) is 34.6 Å². The predicted octanol–water partition coefficient (Wildman–Crippen LogP) is 1.76. The Morgan fingerprint density at radius 1 is 1.26 bits per heavy atom. The topological polar surface area (TPSA) is 77.9 Å². The fraction of sp³-hybridized carbons (Fsp3) is 0.400. The van der Waals surface area contributed by atoms with Crippen molar-refractivity contribution in [2.45, 2.75) is 32.5 Å². The molecule has 0 unspecified atom stereocenters. The zero-order chi connectivity index (χ0) is 17.7. The number of carboxylic acid groups (broad SMARTS) is 1. The number of hydrogen-bond donors (Lipinski definition) is 1. The minimum atomic E-state index is -0.535. The lowest BCUT2D eigenvalue weighted by Crippen LogP contribution is -2.61. The third kappa shape index (κ3) is 4.19.